The van der Waals surface area contributed by atoms with Crippen LogP contribution in [0.5, 0.6) is 5.75 Å². The molecule has 0 saturated heterocycles. The van der Waals surface area contributed by atoms with E-state index in [4.69, 9.17) is 9.47 Å². The van der Waals surface area contributed by atoms with Crippen LogP contribution in [-0.2, 0) is 22.4 Å². The number of nitrogens with one attached hydrogen (secondary N) is 1. The van der Waals surface area contributed by atoms with Crippen LogP contribution in [0.3, 0.4) is 0 Å². The largest absolute Gasteiger partial charge is 0.484 e. The third kappa shape index (κ3) is 4.92. The topological polar surface area (TPSA) is 108 Å². The Bertz CT molecular complexity index is 922. The number of carbonyl (C=O) groups excluding carboxylic acids is 2. The molecular formula is C20H22N2O6S. The van der Waals surface area contributed by atoms with Crippen molar-refractivity contribution in [2.24, 2.45) is 5.92 Å². The van der Waals surface area contributed by atoms with Gasteiger partial charge in [-0.2, -0.15) is 0 Å². The third-order valence-corrected chi connectivity index (χ3v) is 5.83. The Morgan fingerprint density at radius 1 is 1.31 bits per heavy atom. The lowest BCUT2D eigenvalue weighted by atomic mass is 9.88. The number of nitro groups is 1. The highest BCUT2D eigenvalue weighted by molar-refractivity contribution is 7.17. The molecule has 2 aromatic rings. The zero-order valence-corrected chi connectivity index (χ0v) is 17.0. The van der Waals surface area contributed by atoms with Gasteiger partial charge in [0.15, 0.2) is 6.61 Å². The molecule has 1 aromatic carbocycles. The Morgan fingerprint density at radius 3 is 2.69 bits per heavy atom. The first-order valence-electron chi connectivity index (χ1n) is 9.37. The van der Waals surface area contributed by atoms with Crippen molar-refractivity contribution in [3.63, 3.8) is 0 Å². The number of anilines is 1. The number of esters is 1. The molecule has 1 heterocycles. The van der Waals surface area contributed by atoms with Crippen LogP contribution < -0.4 is 10.1 Å². The number of non-ortho nitro benzene ring substituents is 1. The Balaban J connectivity index is 1.70. The zero-order valence-electron chi connectivity index (χ0n) is 16.2. The van der Waals surface area contributed by atoms with E-state index < -0.39 is 16.8 Å². The maximum Gasteiger partial charge on any atom is 0.341 e. The van der Waals surface area contributed by atoms with E-state index in [2.05, 4.69) is 12.2 Å². The van der Waals surface area contributed by atoms with Crippen molar-refractivity contribution in [2.45, 2.75) is 33.1 Å². The molecule has 3 rings (SSSR count). The fraction of sp³-hybridized carbons (Fsp3) is 0.400. The van der Waals surface area contributed by atoms with E-state index in [0.717, 1.165) is 29.7 Å². The summed E-state index contributed by atoms with van der Waals surface area (Å²) in [5.74, 6) is 0.0348. The van der Waals surface area contributed by atoms with Crippen LogP contribution in [0.4, 0.5) is 10.7 Å². The molecular weight excluding hydrogens is 396 g/mol. The Labute approximate surface area is 172 Å². The molecule has 1 atom stereocenters. The number of hydrogen-bond donors (Lipinski definition) is 1. The van der Waals surface area contributed by atoms with Crippen LogP contribution >= 0.6 is 11.3 Å². The Morgan fingerprint density at radius 2 is 2.03 bits per heavy atom. The number of hydrogen-bond acceptors (Lipinski definition) is 7. The van der Waals surface area contributed by atoms with Crippen molar-refractivity contribution in [2.75, 3.05) is 18.5 Å². The van der Waals surface area contributed by atoms with Crippen molar-refractivity contribution in [3.05, 3.63) is 50.4 Å². The van der Waals surface area contributed by atoms with Gasteiger partial charge in [-0.15, -0.1) is 11.3 Å². The van der Waals surface area contributed by atoms with Gasteiger partial charge in [0, 0.05) is 17.0 Å². The summed E-state index contributed by atoms with van der Waals surface area (Å²) in [6, 6.07) is 5.47. The van der Waals surface area contributed by atoms with Gasteiger partial charge in [0.25, 0.3) is 11.6 Å². The number of ether oxygens (including phenoxy) is 2. The molecule has 1 aliphatic carbocycles. The van der Waals surface area contributed by atoms with Gasteiger partial charge in [-0.3, -0.25) is 14.9 Å². The molecule has 8 nitrogen and oxygen atoms in total. The van der Waals surface area contributed by atoms with E-state index in [9.17, 15) is 19.7 Å². The molecule has 1 N–H and O–H groups in total. The highest BCUT2D eigenvalue weighted by Gasteiger charge is 2.29. The maximum absolute atomic E-state index is 12.5. The van der Waals surface area contributed by atoms with Crippen LogP contribution in [0.1, 0.15) is 41.1 Å². The van der Waals surface area contributed by atoms with E-state index in [-0.39, 0.29) is 18.9 Å². The molecule has 0 aliphatic heterocycles. The molecule has 0 saturated carbocycles. The summed E-state index contributed by atoms with van der Waals surface area (Å²) < 4.78 is 10.6. The monoisotopic (exact) mass is 418 g/mol. The summed E-state index contributed by atoms with van der Waals surface area (Å²) in [5.41, 5.74) is 1.36. The maximum atomic E-state index is 12.5. The number of amides is 1. The lowest BCUT2D eigenvalue weighted by Gasteiger charge is -2.18. The van der Waals surface area contributed by atoms with Crippen molar-refractivity contribution in [1.82, 2.24) is 0 Å². The first kappa shape index (κ1) is 20.8. The predicted molar refractivity (Wildman–Crippen MR) is 109 cm³/mol. The normalized spacial score (nSPS) is 15.3. The molecule has 0 fully saturated rings. The Kier molecular flexibility index (Phi) is 6.48. The minimum Gasteiger partial charge on any atom is -0.484 e. The van der Waals surface area contributed by atoms with Gasteiger partial charge < -0.3 is 14.8 Å². The summed E-state index contributed by atoms with van der Waals surface area (Å²) in [4.78, 5) is 36.1. The summed E-state index contributed by atoms with van der Waals surface area (Å²) in [5, 5.41) is 13.9. The van der Waals surface area contributed by atoms with Crippen molar-refractivity contribution >= 4 is 33.9 Å². The highest BCUT2D eigenvalue weighted by Crippen LogP contribution is 2.40. The first-order chi connectivity index (χ1) is 13.9. The molecule has 9 heteroatoms. The molecule has 154 valence electrons. The second-order valence-corrected chi connectivity index (χ2v) is 7.97. The number of rotatable bonds is 7. The van der Waals surface area contributed by atoms with Gasteiger partial charge in [0.1, 0.15) is 10.8 Å². The molecule has 29 heavy (non-hydrogen) atoms. The molecule has 0 radical (unpaired) electrons. The quantitative estimate of drug-likeness (QED) is 0.414. The fourth-order valence-electron chi connectivity index (χ4n) is 3.23. The van der Waals surface area contributed by atoms with Gasteiger partial charge in [-0.1, -0.05) is 6.92 Å². The molecule has 1 aliphatic rings. The standard InChI is InChI=1S/C20H22N2O6S/c1-3-27-20(24)18-15-9-4-12(2)10-16(15)29-19(18)21-17(23)11-28-14-7-5-13(6-8-14)22(25)26/h5-8,12H,3-4,9-11H2,1-2H3,(H,21,23). The second-order valence-electron chi connectivity index (χ2n) is 6.86. The minimum atomic E-state index is -0.507. The van der Waals surface area contributed by atoms with Crippen LogP contribution in [0.2, 0.25) is 0 Å². The second kappa shape index (κ2) is 9.04. The minimum absolute atomic E-state index is 0.0562. The number of thiophene rings is 1. The van der Waals surface area contributed by atoms with E-state index in [0.29, 0.717) is 22.2 Å². The SMILES string of the molecule is CCOC(=O)c1c(NC(=O)COc2ccc([N+](=O)[O-])cc2)sc2c1CCC(C)C2. The number of nitro benzene ring substituents is 1. The van der Waals surface area contributed by atoms with Gasteiger partial charge in [0.05, 0.1) is 17.1 Å². The van der Waals surface area contributed by atoms with Gasteiger partial charge in [-0.05, 0) is 49.8 Å². The summed E-state index contributed by atoms with van der Waals surface area (Å²) in [6.07, 6.45) is 2.66. The third-order valence-electron chi connectivity index (χ3n) is 4.66. The first-order valence-corrected chi connectivity index (χ1v) is 10.2. The van der Waals surface area contributed by atoms with Crippen LogP contribution in [0, 0.1) is 16.0 Å². The van der Waals surface area contributed by atoms with E-state index >= 15 is 0 Å². The lowest BCUT2D eigenvalue weighted by molar-refractivity contribution is -0.384. The average Bonchev–Trinajstić information content (AvgIpc) is 3.03. The number of benzene rings is 1. The average molecular weight is 418 g/mol. The van der Waals surface area contributed by atoms with Crippen molar-refractivity contribution < 1.29 is 24.0 Å². The van der Waals surface area contributed by atoms with Crippen molar-refractivity contribution in [1.29, 1.82) is 0 Å². The summed E-state index contributed by atoms with van der Waals surface area (Å²) >= 11 is 1.41. The summed E-state index contributed by atoms with van der Waals surface area (Å²) in [7, 11) is 0. The fourth-order valence-corrected chi connectivity index (χ4v) is 4.65. The highest BCUT2D eigenvalue weighted by atomic mass is 32.1. The summed E-state index contributed by atoms with van der Waals surface area (Å²) in [6.45, 7) is 3.90. The van der Waals surface area contributed by atoms with Crippen LogP contribution in [-0.4, -0.2) is 30.0 Å². The number of nitrogens with zero attached hydrogens (tertiary/aromatic N) is 1. The lowest BCUT2D eigenvalue weighted by Crippen LogP contribution is -2.21. The van der Waals surface area contributed by atoms with E-state index in [1.165, 1.54) is 35.6 Å². The van der Waals surface area contributed by atoms with Crippen LogP contribution in [0.15, 0.2) is 24.3 Å². The van der Waals surface area contributed by atoms with Gasteiger partial charge >= 0.3 is 5.97 Å². The number of fused-ring (bicyclic) bond motifs is 1. The van der Waals surface area contributed by atoms with E-state index in [1.807, 2.05) is 0 Å². The Hall–Kier alpha value is -2.94. The smallest absolute Gasteiger partial charge is 0.341 e. The van der Waals surface area contributed by atoms with Gasteiger partial charge in [0.2, 0.25) is 0 Å². The molecule has 1 aromatic heterocycles. The van der Waals surface area contributed by atoms with Crippen LogP contribution in [0.25, 0.3) is 0 Å². The molecule has 0 bridgehead atoms. The number of carbonyl (C=O) groups is 2. The van der Waals surface area contributed by atoms with E-state index in [1.54, 1.807) is 6.92 Å². The molecule has 1 amide bonds. The predicted octanol–water partition coefficient (Wildman–Crippen LogP) is 3.98. The van der Waals surface area contributed by atoms with Gasteiger partial charge in [-0.25, -0.2) is 4.79 Å². The molecule has 1 unspecified atom stereocenters. The molecule has 0 spiro atoms. The zero-order chi connectivity index (χ0) is 21.0. The van der Waals surface area contributed by atoms with Crippen molar-refractivity contribution in [3.8, 4) is 5.75 Å².